The van der Waals surface area contributed by atoms with Gasteiger partial charge in [-0.1, -0.05) is 12.1 Å². The molecule has 31 heavy (non-hydrogen) atoms. The first-order valence-electron chi connectivity index (χ1n) is 10.6. The molecule has 0 radical (unpaired) electrons. The molecular weight excluding hydrogens is 419 g/mol. The topological polar surface area (TPSA) is 66.9 Å². The van der Waals surface area contributed by atoms with E-state index < -0.39 is 15.8 Å². The molecule has 2 aromatic rings. The van der Waals surface area contributed by atoms with Crippen molar-refractivity contribution in [3.05, 3.63) is 59.9 Å². The number of hydrogen-bond acceptors (Lipinski definition) is 4. The highest BCUT2D eigenvalue weighted by Crippen LogP contribution is 2.36. The molecule has 8 heteroatoms. The highest BCUT2D eigenvalue weighted by molar-refractivity contribution is 7.89. The van der Waals surface area contributed by atoms with Crippen LogP contribution in [-0.4, -0.2) is 50.3 Å². The summed E-state index contributed by atoms with van der Waals surface area (Å²) >= 11 is 0. The van der Waals surface area contributed by atoms with Gasteiger partial charge in [0.05, 0.1) is 18.0 Å². The largest absolute Gasteiger partial charge is 0.497 e. The van der Waals surface area contributed by atoms with Crippen molar-refractivity contribution in [1.29, 1.82) is 0 Å². The zero-order valence-electron chi connectivity index (χ0n) is 17.5. The number of carbonyl (C=O) groups excluding carboxylic acids is 1. The Morgan fingerprint density at radius 2 is 1.74 bits per heavy atom. The Labute approximate surface area is 182 Å². The third-order valence-corrected chi connectivity index (χ3v) is 8.18. The predicted octanol–water partition coefficient (Wildman–Crippen LogP) is 3.60. The fourth-order valence-corrected chi connectivity index (χ4v) is 6.03. The van der Waals surface area contributed by atoms with Gasteiger partial charge in [0.1, 0.15) is 11.6 Å². The van der Waals surface area contributed by atoms with Gasteiger partial charge in [-0.25, -0.2) is 12.8 Å². The van der Waals surface area contributed by atoms with Crippen LogP contribution in [-0.2, 0) is 14.8 Å². The Kier molecular flexibility index (Phi) is 6.29. The highest BCUT2D eigenvalue weighted by atomic mass is 32.2. The van der Waals surface area contributed by atoms with Crippen LogP contribution in [0.3, 0.4) is 0 Å². The summed E-state index contributed by atoms with van der Waals surface area (Å²) in [5, 5.41) is 0. The number of rotatable bonds is 5. The lowest BCUT2D eigenvalue weighted by Gasteiger charge is -2.34. The second-order valence-electron chi connectivity index (χ2n) is 8.10. The minimum absolute atomic E-state index is 0.0311. The van der Waals surface area contributed by atoms with Crippen LogP contribution in [0.5, 0.6) is 5.75 Å². The van der Waals surface area contributed by atoms with Gasteiger partial charge in [-0.05, 0) is 67.6 Å². The van der Waals surface area contributed by atoms with Crippen molar-refractivity contribution < 1.29 is 22.3 Å². The van der Waals surface area contributed by atoms with Crippen molar-refractivity contribution >= 4 is 15.9 Å². The molecule has 6 nitrogen and oxygen atoms in total. The van der Waals surface area contributed by atoms with Gasteiger partial charge in [0, 0.05) is 25.6 Å². The van der Waals surface area contributed by atoms with E-state index in [4.69, 9.17) is 4.74 Å². The van der Waals surface area contributed by atoms with Crippen LogP contribution in [0, 0.1) is 11.7 Å². The molecule has 0 unspecified atom stereocenters. The van der Waals surface area contributed by atoms with Crippen molar-refractivity contribution in [2.75, 3.05) is 26.7 Å². The number of halogens is 1. The molecule has 4 rings (SSSR count). The van der Waals surface area contributed by atoms with Gasteiger partial charge in [-0.2, -0.15) is 4.31 Å². The number of carbonyl (C=O) groups is 1. The molecule has 2 aliphatic rings. The number of benzene rings is 2. The summed E-state index contributed by atoms with van der Waals surface area (Å²) in [6.07, 6.45) is 2.84. The fraction of sp³-hybridized carbons (Fsp3) is 0.435. The Morgan fingerprint density at radius 3 is 2.42 bits per heavy atom. The SMILES string of the molecule is COc1cccc([C@H]2CCCN2C(=O)C2CCN(S(=O)(=O)c3ccc(F)cc3)CC2)c1. The minimum Gasteiger partial charge on any atom is -0.497 e. The van der Waals surface area contributed by atoms with E-state index in [0.29, 0.717) is 12.8 Å². The van der Waals surface area contributed by atoms with E-state index in [2.05, 4.69) is 0 Å². The molecule has 2 aliphatic heterocycles. The summed E-state index contributed by atoms with van der Waals surface area (Å²) in [7, 11) is -2.05. The molecule has 2 heterocycles. The zero-order chi connectivity index (χ0) is 22.0. The van der Waals surface area contributed by atoms with Crippen molar-refractivity contribution in [1.82, 2.24) is 9.21 Å². The molecular formula is C23H27FN2O4S. The number of sulfonamides is 1. The van der Waals surface area contributed by atoms with Crippen molar-refractivity contribution in [3.8, 4) is 5.75 Å². The maximum absolute atomic E-state index is 13.3. The molecule has 2 saturated heterocycles. The standard InChI is InChI=1S/C23H27FN2O4S/c1-30-20-5-2-4-18(16-20)22-6-3-13-26(22)23(27)17-11-14-25(15-12-17)31(28,29)21-9-7-19(24)8-10-21/h2,4-5,7-10,16-17,22H,3,6,11-15H2,1H3/t22-/m1/s1. The predicted molar refractivity (Wildman–Crippen MR) is 115 cm³/mol. The van der Waals surface area contributed by atoms with Crippen molar-refractivity contribution in [2.45, 2.75) is 36.6 Å². The van der Waals surface area contributed by atoms with Gasteiger partial charge in [0.25, 0.3) is 0 Å². The summed E-state index contributed by atoms with van der Waals surface area (Å²) in [6, 6.07) is 12.7. The molecule has 2 aromatic carbocycles. The number of amides is 1. The molecule has 0 aromatic heterocycles. The maximum Gasteiger partial charge on any atom is 0.243 e. The van der Waals surface area contributed by atoms with Gasteiger partial charge < -0.3 is 9.64 Å². The third-order valence-electron chi connectivity index (χ3n) is 6.27. The van der Waals surface area contributed by atoms with Crippen LogP contribution in [0.15, 0.2) is 53.4 Å². The summed E-state index contributed by atoms with van der Waals surface area (Å²) < 4.78 is 45.5. The van der Waals surface area contributed by atoms with Gasteiger partial charge >= 0.3 is 0 Å². The monoisotopic (exact) mass is 446 g/mol. The average molecular weight is 447 g/mol. The van der Waals surface area contributed by atoms with E-state index in [1.54, 1.807) is 7.11 Å². The zero-order valence-corrected chi connectivity index (χ0v) is 18.4. The van der Waals surface area contributed by atoms with E-state index >= 15 is 0 Å². The van der Waals surface area contributed by atoms with Gasteiger partial charge in [0.2, 0.25) is 15.9 Å². The van der Waals surface area contributed by atoms with Gasteiger partial charge in [-0.15, -0.1) is 0 Å². The van der Waals surface area contributed by atoms with E-state index in [9.17, 15) is 17.6 Å². The fourth-order valence-electron chi connectivity index (χ4n) is 4.56. The second kappa shape index (κ2) is 8.96. The minimum atomic E-state index is -3.68. The molecule has 2 fully saturated rings. The van der Waals surface area contributed by atoms with E-state index in [0.717, 1.165) is 42.8 Å². The quantitative estimate of drug-likeness (QED) is 0.704. The molecule has 0 spiro atoms. The Morgan fingerprint density at radius 1 is 1.03 bits per heavy atom. The molecule has 166 valence electrons. The molecule has 0 bridgehead atoms. The van der Waals surface area contributed by atoms with Crippen LogP contribution in [0.1, 0.15) is 37.3 Å². The van der Waals surface area contributed by atoms with Crippen LogP contribution >= 0.6 is 0 Å². The van der Waals surface area contributed by atoms with Crippen molar-refractivity contribution in [2.24, 2.45) is 5.92 Å². The van der Waals surface area contributed by atoms with Crippen LogP contribution < -0.4 is 4.74 Å². The number of ether oxygens (including phenoxy) is 1. The summed E-state index contributed by atoms with van der Waals surface area (Å²) in [4.78, 5) is 15.3. The summed E-state index contributed by atoms with van der Waals surface area (Å²) in [5.74, 6) is 0.214. The van der Waals surface area contributed by atoms with Crippen LogP contribution in [0.2, 0.25) is 0 Å². The molecule has 1 atom stereocenters. The normalized spacial score (nSPS) is 20.7. The van der Waals surface area contributed by atoms with E-state index in [-0.39, 0.29) is 35.9 Å². The molecule has 1 amide bonds. The first kappa shape index (κ1) is 21.8. The van der Waals surface area contributed by atoms with E-state index in [1.165, 1.54) is 16.4 Å². The molecule has 0 N–H and O–H groups in total. The van der Waals surface area contributed by atoms with Crippen LogP contribution in [0.4, 0.5) is 4.39 Å². The second-order valence-corrected chi connectivity index (χ2v) is 10.0. The summed E-state index contributed by atoms with van der Waals surface area (Å²) in [6.45, 7) is 1.29. The number of likely N-dealkylation sites (tertiary alicyclic amines) is 1. The Hall–Kier alpha value is -2.45. The lowest BCUT2D eigenvalue weighted by atomic mass is 9.95. The Bertz CT molecular complexity index is 1030. The maximum atomic E-state index is 13.3. The first-order chi connectivity index (χ1) is 14.9. The highest BCUT2D eigenvalue weighted by Gasteiger charge is 2.37. The summed E-state index contributed by atoms with van der Waals surface area (Å²) in [5.41, 5.74) is 1.07. The number of hydrogen-bond donors (Lipinski definition) is 0. The average Bonchev–Trinajstić information content (AvgIpc) is 3.29. The lowest BCUT2D eigenvalue weighted by Crippen LogP contribution is -2.44. The number of methoxy groups -OCH3 is 1. The Balaban J connectivity index is 1.42. The van der Waals surface area contributed by atoms with Gasteiger partial charge in [0.15, 0.2) is 0 Å². The smallest absolute Gasteiger partial charge is 0.243 e. The number of nitrogens with zero attached hydrogens (tertiary/aromatic N) is 2. The third kappa shape index (κ3) is 4.45. The van der Waals surface area contributed by atoms with Gasteiger partial charge in [-0.3, -0.25) is 4.79 Å². The molecule has 0 saturated carbocycles. The lowest BCUT2D eigenvalue weighted by molar-refractivity contribution is -0.137. The van der Waals surface area contributed by atoms with Crippen LogP contribution in [0.25, 0.3) is 0 Å². The van der Waals surface area contributed by atoms with E-state index in [1.807, 2.05) is 29.2 Å². The molecule has 0 aliphatic carbocycles. The first-order valence-corrected chi connectivity index (χ1v) is 12.0. The number of piperidine rings is 1. The van der Waals surface area contributed by atoms with Crippen molar-refractivity contribution in [3.63, 3.8) is 0 Å².